The van der Waals surface area contributed by atoms with E-state index in [9.17, 15) is 8.78 Å². The number of hydrogen-bond donors (Lipinski definition) is 0. The van der Waals surface area contributed by atoms with Crippen molar-refractivity contribution in [2.45, 2.75) is 44.4 Å². The van der Waals surface area contributed by atoms with Crippen molar-refractivity contribution in [2.75, 3.05) is 7.11 Å². The monoisotopic (exact) mass is 382 g/mol. The van der Waals surface area contributed by atoms with Gasteiger partial charge >= 0.3 is 0 Å². The number of benzene rings is 2. The van der Waals surface area contributed by atoms with E-state index in [2.05, 4.69) is 24.8 Å². The Labute approximate surface area is 166 Å². The van der Waals surface area contributed by atoms with Crippen molar-refractivity contribution in [2.24, 2.45) is 17.8 Å². The Hall–Kier alpha value is -2.16. The summed E-state index contributed by atoms with van der Waals surface area (Å²) in [6, 6.07) is 10.9. The second-order valence-electron chi connectivity index (χ2n) is 8.43. The van der Waals surface area contributed by atoms with Crippen LogP contribution in [0.1, 0.15) is 50.0 Å². The SMILES string of the molecule is C=CC1CCC2CC(c3ccc(-c4cc(F)c(OC)c(F)c4)cc3)CCC2C1. The maximum atomic E-state index is 14.0. The van der Waals surface area contributed by atoms with Gasteiger partial charge in [0.25, 0.3) is 0 Å². The van der Waals surface area contributed by atoms with Crippen molar-refractivity contribution in [1.29, 1.82) is 0 Å². The van der Waals surface area contributed by atoms with Crippen molar-refractivity contribution in [3.05, 3.63) is 66.3 Å². The summed E-state index contributed by atoms with van der Waals surface area (Å²) in [5.74, 6) is 1.33. The number of methoxy groups -OCH3 is 1. The molecule has 4 rings (SSSR count). The number of halogens is 2. The lowest BCUT2D eigenvalue weighted by Gasteiger charge is -2.41. The molecule has 0 saturated heterocycles. The average Bonchev–Trinajstić information content (AvgIpc) is 2.73. The van der Waals surface area contributed by atoms with E-state index in [0.717, 1.165) is 17.4 Å². The highest BCUT2D eigenvalue weighted by Gasteiger charge is 2.35. The predicted molar refractivity (Wildman–Crippen MR) is 109 cm³/mol. The van der Waals surface area contributed by atoms with Gasteiger partial charge in [0.15, 0.2) is 17.4 Å². The van der Waals surface area contributed by atoms with Gasteiger partial charge in [-0.3, -0.25) is 0 Å². The Kier molecular flexibility index (Phi) is 5.52. The summed E-state index contributed by atoms with van der Waals surface area (Å²) in [6.07, 6.45) is 9.86. The second-order valence-corrected chi connectivity index (χ2v) is 8.43. The van der Waals surface area contributed by atoms with Crippen LogP contribution in [-0.2, 0) is 0 Å². The molecule has 0 radical (unpaired) electrons. The van der Waals surface area contributed by atoms with E-state index in [-0.39, 0.29) is 5.75 Å². The first-order valence-electron chi connectivity index (χ1n) is 10.3. The fourth-order valence-electron chi connectivity index (χ4n) is 5.31. The summed E-state index contributed by atoms with van der Waals surface area (Å²) < 4.78 is 32.8. The zero-order chi connectivity index (χ0) is 19.7. The molecule has 0 N–H and O–H groups in total. The first-order chi connectivity index (χ1) is 13.6. The maximum absolute atomic E-state index is 14.0. The van der Waals surface area contributed by atoms with Gasteiger partial charge in [-0.25, -0.2) is 8.78 Å². The van der Waals surface area contributed by atoms with Gasteiger partial charge in [-0.15, -0.1) is 6.58 Å². The fourth-order valence-corrected chi connectivity index (χ4v) is 5.31. The summed E-state index contributed by atoms with van der Waals surface area (Å²) >= 11 is 0. The standard InChI is InChI=1S/C25H28F2O/c1-3-16-4-5-21-13-20(11-10-19(21)12-16)17-6-8-18(9-7-17)22-14-23(26)25(28-2)24(27)15-22/h3,6-9,14-16,19-21H,1,4-5,10-13H2,2H3. The molecule has 3 heteroatoms. The van der Waals surface area contributed by atoms with E-state index in [1.807, 2.05) is 12.1 Å². The highest BCUT2D eigenvalue weighted by atomic mass is 19.1. The third-order valence-electron chi connectivity index (χ3n) is 6.90. The minimum Gasteiger partial charge on any atom is -0.491 e. The molecule has 0 bridgehead atoms. The van der Waals surface area contributed by atoms with Gasteiger partial charge in [0.1, 0.15) is 0 Å². The molecule has 0 heterocycles. The highest BCUT2D eigenvalue weighted by Crippen LogP contribution is 2.47. The molecule has 2 aliphatic carbocycles. The van der Waals surface area contributed by atoms with Gasteiger partial charge in [0.2, 0.25) is 0 Å². The molecule has 0 amide bonds. The molecule has 2 aromatic carbocycles. The number of hydrogen-bond acceptors (Lipinski definition) is 1. The van der Waals surface area contributed by atoms with Crippen LogP contribution in [0.5, 0.6) is 5.75 Å². The van der Waals surface area contributed by atoms with Crippen LogP contribution in [0.2, 0.25) is 0 Å². The number of ether oxygens (including phenoxy) is 1. The summed E-state index contributed by atoms with van der Waals surface area (Å²) in [4.78, 5) is 0. The smallest absolute Gasteiger partial charge is 0.190 e. The second kappa shape index (κ2) is 8.06. The molecule has 4 unspecified atom stereocenters. The number of allylic oxidation sites excluding steroid dienone is 1. The van der Waals surface area contributed by atoms with Gasteiger partial charge in [-0.05, 0) is 91.0 Å². The van der Waals surface area contributed by atoms with Gasteiger partial charge < -0.3 is 4.74 Å². The molecule has 28 heavy (non-hydrogen) atoms. The Morgan fingerprint density at radius 3 is 2.18 bits per heavy atom. The Balaban J connectivity index is 1.48. The summed E-state index contributed by atoms with van der Waals surface area (Å²) in [7, 11) is 1.27. The van der Waals surface area contributed by atoms with Crippen LogP contribution in [0.15, 0.2) is 49.1 Å². The van der Waals surface area contributed by atoms with Gasteiger partial charge in [0.05, 0.1) is 7.11 Å². The van der Waals surface area contributed by atoms with E-state index >= 15 is 0 Å². The minimum absolute atomic E-state index is 0.330. The predicted octanol–water partition coefficient (Wildman–Crippen LogP) is 7.13. The van der Waals surface area contributed by atoms with E-state index in [1.165, 1.54) is 63.3 Å². The van der Waals surface area contributed by atoms with Crippen molar-refractivity contribution >= 4 is 0 Å². The van der Waals surface area contributed by atoms with Crippen molar-refractivity contribution < 1.29 is 13.5 Å². The highest BCUT2D eigenvalue weighted by molar-refractivity contribution is 5.65. The molecular formula is C25H28F2O. The van der Waals surface area contributed by atoms with Crippen molar-refractivity contribution in [3.63, 3.8) is 0 Å². The fraction of sp³-hybridized carbons (Fsp3) is 0.440. The molecule has 2 saturated carbocycles. The maximum Gasteiger partial charge on any atom is 0.190 e. The molecule has 0 aliphatic heterocycles. The lowest BCUT2D eigenvalue weighted by Crippen LogP contribution is -2.29. The van der Waals surface area contributed by atoms with Crippen LogP contribution < -0.4 is 4.74 Å². The zero-order valence-corrected chi connectivity index (χ0v) is 16.5. The van der Waals surface area contributed by atoms with Crippen LogP contribution in [0.3, 0.4) is 0 Å². The summed E-state index contributed by atoms with van der Waals surface area (Å²) in [5.41, 5.74) is 2.71. The third kappa shape index (κ3) is 3.72. The molecule has 0 aromatic heterocycles. The summed E-state index contributed by atoms with van der Waals surface area (Å²) in [5, 5.41) is 0. The molecule has 148 valence electrons. The molecule has 1 nitrogen and oxygen atoms in total. The third-order valence-corrected chi connectivity index (χ3v) is 6.90. The molecule has 2 aliphatic rings. The summed E-state index contributed by atoms with van der Waals surface area (Å²) in [6.45, 7) is 3.98. The zero-order valence-electron chi connectivity index (χ0n) is 16.5. The topological polar surface area (TPSA) is 9.23 Å². The number of rotatable bonds is 4. The van der Waals surface area contributed by atoms with E-state index in [4.69, 9.17) is 4.74 Å². The number of fused-ring (bicyclic) bond motifs is 1. The largest absolute Gasteiger partial charge is 0.491 e. The van der Waals surface area contributed by atoms with Crippen molar-refractivity contribution in [3.8, 4) is 16.9 Å². The van der Waals surface area contributed by atoms with Gasteiger partial charge in [-0.2, -0.15) is 0 Å². The molecular weight excluding hydrogens is 354 g/mol. The van der Waals surface area contributed by atoms with Gasteiger partial charge in [0, 0.05) is 0 Å². The van der Waals surface area contributed by atoms with E-state index in [1.54, 1.807) is 0 Å². The Morgan fingerprint density at radius 1 is 0.893 bits per heavy atom. The Bertz CT molecular complexity index is 819. The molecule has 2 aromatic rings. The van der Waals surface area contributed by atoms with E-state index < -0.39 is 11.6 Å². The van der Waals surface area contributed by atoms with Crippen LogP contribution >= 0.6 is 0 Å². The van der Waals surface area contributed by atoms with E-state index in [0.29, 0.717) is 17.4 Å². The van der Waals surface area contributed by atoms with Crippen LogP contribution in [0.25, 0.3) is 11.1 Å². The average molecular weight is 382 g/mol. The first kappa shape index (κ1) is 19.2. The normalized spacial score (nSPS) is 27.1. The first-order valence-corrected chi connectivity index (χ1v) is 10.3. The van der Waals surface area contributed by atoms with Crippen LogP contribution in [0.4, 0.5) is 8.78 Å². The van der Waals surface area contributed by atoms with Gasteiger partial charge in [-0.1, -0.05) is 30.3 Å². The molecule has 4 atom stereocenters. The Morgan fingerprint density at radius 2 is 1.54 bits per heavy atom. The molecule has 0 spiro atoms. The van der Waals surface area contributed by atoms with Crippen LogP contribution in [0, 0.1) is 29.4 Å². The molecule has 2 fully saturated rings. The van der Waals surface area contributed by atoms with Crippen molar-refractivity contribution in [1.82, 2.24) is 0 Å². The quantitative estimate of drug-likeness (QED) is 0.511. The lowest BCUT2D eigenvalue weighted by molar-refractivity contribution is 0.133. The minimum atomic E-state index is -0.671. The van der Waals surface area contributed by atoms with Crippen LogP contribution in [-0.4, -0.2) is 7.11 Å². The lowest BCUT2D eigenvalue weighted by atomic mass is 9.64.